The lowest BCUT2D eigenvalue weighted by Crippen LogP contribution is -2.48. The van der Waals surface area contributed by atoms with E-state index in [1.807, 2.05) is 0 Å². The van der Waals surface area contributed by atoms with Crippen LogP contribution in [-0.2, 0) is 14.3 Å². The van der Waals surface area contributed by atoms with Crippen molar-refractivity contribution in [3.05, 3.63) is 23.8 Å². The average molecular weight is 490 g/mol. The van der Waals surface area contributed by atoms with Crippen LogP contribution in [0.4, 0.5) is 5.69 Å². The molecule has 8 nitrogen and oxygen atoms in total. The molecule has 1 saturated carbocycles. The number of ether oxygens (including phenoxy) is 3. The third-order valence-corrected chi connectivity index (χ3v) is 7.35. The van der Waals surface area contributed by atoms with Gasteiger partial charge in [0.25, 0.3) is 5.91 Å². The van der Waals surface area contributed by atoms with E-state index >= 15 is 0 Å². The third-order valence-electron chi connectivity index (χ3n) is 7.35. The first-order valence-corrected chi connectivity index (χ1v) is 12.9. The highest BCUT2D eigenvalue weighted by Crippen LogP contribution is 2.29. The van der Waals surface area contributed by atoms with Gasteiger partial charge in [0, 0.05) is 58.7 Å². The Morgan fingerprint density at radius 1 is 1.14 bits per heavy atom. The monoisotopic (exact) mass is 489 g/mol. The summed E-state index contributed by atoms with van der Waals surface area (Å²) in [5.41, 5.74) is 1.05. The number of carbonyl (C=O) groups excluding carboxylic acids is 2. The zero-order chi connectivity index (χ0) is 25.4. The van der Waals surface area contributed by atoms with E-state index in [-0.39, 0.29) is 36.5 Å². The number of rotatable bonds is 6. The Labute approximate surface area is 210 Å². The van der Waals surface area contributed by atoms with Crippen LogP contribution in [0.3, 0.4) is 0 Å². The number of anilines is 1. The molecule has 196 valence electrons. The topological polar surface area (TPSA) is 80.3 Å². The minimum Gasteiger partial charge on any atom is -0.491 e. The summed E-state index contributed by atoms with van der Waals surface area (Å²) in [6, 6.07) is 5.35. The maximum atomic E-state index is 13.3. The van der Waals surface area contributed by atoms with E-state index in [9.17, 15) is 9.59 Å². The predicted octanol–water partition coefficient (Wildman–Crippen LogP) is 3.66. The van der Waals surface area contributed by atoms with Gasteiger partial charge in [0.2, 0.25) is 5.91 Å². The summed E-state index contributed by atoms with van der Waals surface area (Å²) in [5, 5.41) is 2.80. The fourth-order valence-corrected chi connectivity index (χ4v) is 5.21. The maximum Gasteiger partial charge on any atom is 0.257 e. The molecule has 35 heavy (non-hydrogen) atoms. The van der Waals surface area contributed by atoms with Gasteiger partial charge in [-0.1, -0.05) is 26.2 Å². The van der Waals surface area contributed by atoms with Crippen molar-refractivity contribution >= 4 is 17.5 Å². The van der Waals surface area contributed by atoms with Crippen molar-refractivity contribution in [3.63, 3.8) is 0 Å². The number of likely N-dealkylation sites (N-methyl/N-ethyl adjacent to an activating group) is 1. The van der Waals surface area contributed by atoms with E-state index in [1.165, 1.54) is 39.2 Å². The minimum absolute atomic E-state index is 0.0383. The second-order valence-electron chi connectivity index (χ2n) is 10.2. The normalized spacial score (nSPS) is 25.2. The van der Waals surface area contributed by atoms with Crippen LogP contribution in [0.25, 0.3) is 0 Å². The van der Waals surface area contributed by atoms with Gasteiger partial charge in [-0.2, -0.15) is 0 Å². The first-order chi connectivity index (χ1) is 16.8. The molecule has 0 unspecified atom stereocenters. The quantitative estimate of drug-likeness (QED) is 0.657. The minimum atomic E-state index is -0.256. The molecule has 1 aromatic carbocycles. The molecule has 0 aromatic heterocycles. The lowest BCUT2D eigenvalue weighted by atomic mass is 9.88. The van der Waals surface area contributed by atoms with Gasteiger partial charge in [-0.15, -0.1) is 0 Å². The fourth-order valence-electron chi connectivity index (χ4n) is 5.21. The second kappa shape index (κ2) is 13.2. The summed E-state index contributed by atoms with van der Waals surface area (Å²) < 4.78 is 17.0. The Hall–Kier alpha value is -2.16. The van der Waals surface area contributed by atoms with E-state index in [2.05, 4.69) is 24.1 Å². The molecule has 0 saturated heterocycles. The number of hydrogen-bond acceptors (Lipinski definition) is 6. The molecule has 0 radical (unpaired) electrons. The number of carbonyl (C=O) groups is 2. The Morgan fingerprint density at radius 3 is 2.57 bits per heavy atom. The summed E-state index contributed by atoms with van der Waals surface area (Å²) in [5.74, 6) is 1.07. The molecule has 1 heterocycles. The molecule has 1 fully saturated rings. The molecule has 3 atom stereocenters. The SMILES string of the molecule is COCC(=O)Nc1ccc2c(c1)OC[C@@H](C)N(CC1CCCCC1)C[C@H](C)[C@H](OC)CN(C)C2=O. The maximum absolute atomic E-state index is 13.3. The third kappa shape index (κ3) is 7.66. The summed E-state index contributed by atoms with van der Waals surface area (Å²) in [6.45, 7) is 7.26. The van der Waals surface area contributed by atoms with E-state index in [4.69, 9.17) is 14.2 Å². The van der Waals surface area contributed by atoms with Crippen LogP contribution >= 0.6 is 0 Å². The van der Waals surface area contributed by atoms with Gasteiger partial charge in [-0.25, -0.2) is 0 Å². The lowest BCUT2D eigenvalue weighted by molar-refractivity contribution is -0.119. The van der Waals surface area contributed by atoms with Crippen LogP contribution in [0.2, 0.25) is 0 Å². The van der Waals surface area contributed by atoms with Crippen molar-refractivity contribution in [2.75, 3.05) is 59.4 Å². The van der Waals surface area contributed by atoms with Crippen LogP contribution in [0.15, 0.2) is 18.2 Å². The highest BCUT2D eigenvalue weighted by Gasteiger charge is 2.29. The van der Waals surface area contributed by atoms with Gasteiger partial charge in [-0.3, -0.25) is 14.5 Å². The summed E-state index contributed by atoms with van der Waals surface area (Å²) in [6.07, 6.45) is 6.49. The molecule has 1 aliphatic carbocycles. The Kier molecular flexibility index (Phi) is 10.4. The highest BCUT2D eigenvalue weighted by molar-refractivity contribution is 5.98. The number of methoxy groups -OCH3 is 2. The van der Waals surface area contributed by atoms with Gasteiger partial charge in [0.1, 0.15) is 19.0 Å². The van der Waals surface area contributed by atoms with Crippen molar-refractivity contribution in [2.45, 2.75) is 58.1 Å². The average Bonchev–Trinajstić information content (AvgIpc) is 2.85. The van der Waals surface area contributed by atoms with Crippen LogP contribution in [0.1, 0.15) is 56.3 Å². The molecule has 2 amide bonds. The zero-order valence-corrected chi connectivity index (χ0v) is 22.0. The molecule has 0 spiro atoms. The first kappa shape index (κ1) is 27.4. The number of nitrogens with zero attached hydrogens (tertiary/aromatic N) is 2. The Bertz CT molecular complexity index is 842. The predicted molar refractivity (Wildman–Crippen MR) is 137 cm³/mol. The van der Waals surface area contributed by atoms with Crippen LogP contribution in [-0.4, -0.2) is 87.9 Å². The highest BCUT2D eigenvalue weighted by atomic mass is 16.5. The number of nitrogens with one attached hydrogen (secondary N) is 1. The van der Waals surface area contributed by atoms with E-state index in [1.54, 1.807) is 37.3 Å². The van der Waals surface area contributed by atoms with E-state index < -0.39 is 0 Å². The van der Waals surface area contributed by atoms with Crippen LogP contribution in [0, 0.1) is 11.8 Å². The van der Waals surface area contributed by atoms with Crippen molar-refractivity contribution in [2.24, 2.45) is 11.8 Å². The smallest absolute Gasteiger partial charge is 0.257 e. The van der Waals surface area contributed by atoms with Gasteiger partial charge >= 0.3 is 0 Å². The van der Waals surface area contributed by atoms with E-state index in [0.29, 0.717) is 36.1 Å². The van der Waals surface area contributed by atoms with Gasteiger partial charge in [0.15, 0.2) is 0 Å². The molecular formula is C27H43N3O5. The first-order valence-electron chi connectivity index (χ1n) is 12.9. The molecule has 1 aromatic rings. The van der Waals surface area contributed by atoms with Crippen molar-refractivity contribution in [1.29, 1.82) is 0 Å². The summed E-state index contributed by atoms with van der Waals surface area (Å²) in [7, 11) is 5.00. The van der Waals surface area contributed by atoms with Crippen LogP contribution in [0.5, 0.6) is 5.75 Å². The van der Waals surface area contributed by atoms with E-state index in [0.717, 1.165) is 13.1 Å². The molecule has 0 bridgehead atoms. The standard InChI is InChI=1S/C27H43N3O5/c1-19-14-30(15-21-9-7-6-8-10-21)20(2)17-35-24-13-22(28-26(31)18-33-4)11-12-23(24)27(32)29(3)16-25(19)34-5/h11-13,19-21,25H,6-10,14-18H2,1-5H3,(H,28,31)/t19-,20+,25+/m0/s1. The lowest BCUT2D eigenvalue weighted by Gasteiger charge is -2.38. The van der Waals surface area contributed by atoms with Gasteiger partial charge in [-0.05, 0) is 43.7 Å². The Morgan fingerprint density at radius 2 is 1.89 bits per heavy atom. The molecule has 3 rings (SSSR count). The number of benzene rings is 1. The van der Waals surface area contributed by atoms with Crippen molar-refractivity contribution in [1.82, 2.24) is 9.80 Å². The molecule has 1 aliphatic heterocycles. The second-order valence-corrected chi connectivity index (χ2v) is 10.2. The Balaban J connectivity index is 1.88. The van der Waals surface area contributed by atoms with Crippen molar-refractivity contribution < 1.29 is 23.8 Å². The molecule has 8 heteroatoms. The van der Waals surface area contributed by atoms with Gasteiger partial charge in [0.05, 0.1) is 11.7 Å². The molecule has 1 N–H and O–H groups in total. The number of amides is 2. The van der Waals surface area contributed by atoms with Gasteiger partial charge < -0.3 is 24.4 Å². The largest absolute Gasteiger partial charge is 0.491 e. The summed E-state index contributed by atoms with van der Waals surface area (Å²) in [4.78, 5) is 29.6. The number of fused-ring (bicyclic) bond motifs is 1. The molecular weight excluding hydrogens is 446 g/mol. The van der Waals surface area contributed by atoms with Crippen LogP contribution < -0.4 is 10.1 Å². The van der Waals surface area contributed by atoms with Crippen molar-refractivity contribution in [3.8, 4) is 5.75 Å². The molecule has 2 aliphatic rings. The number of hydrogen-bond donors (Lipinski definition) is 1. The summed E-state index contributed by atoms with van der Waals surface area (Å²) >= 11 is 0. The fraction of sp³-hybridized carbons (Fsp3) is 0.704. The zero-order valence-electron chi connectivity index (χ0n) is 22.0.